The van der Waals surface area contributed by atoms with Gasteiger partial charge in [0.25, 0.3) is 5.91 Å². The molecule has 2 atom stereocenters. The number of hydrogen-bond acceptors (Lipinski definition) is 3. The molecule has 4 heteroatoms. The number of nitrogens with one attached hydrogen (secondary N) is 1. The molecule has 3 rings (SSSR count). The molecule has 21 heavy (non-hydrogen) atoms. The van der Waals surface area contributed by atoms with Gasteiger partial charge >= 0.3 is 0 Å². The Balaban J connectivity index is 1.58. The topological polar surface area (TPSA) is 67.5 Å². The molecule has 112 valence electrons. The van der Waals surface area contributed by atoms with E-state index in [1.807, 2.05) is 0 Å². The fourth-order valence-corrected chi connectivity index (χ4v) is 3.62. The van der Waals surface area contributed by atoms with Crippen LogP contribution in [-0.4, -0.2) is 11.6 Å². The SMILES string of the molecule is Nc1ccc(C(=O)N/N=C2/CC[C@H]3CCCC[C@@H]3C2)cc1. The van der Waals surface area contributed by atoms with E-state index in [0.717, 1.165) is 30.4 Å². The van der Waals surface area contributed by atoms with E-state index in [1.165, 1.54) is 32.1 Å². The van der Waals surface area contributed by atoms with Crippen LogP contribution in [0, 0.1) is 11.8 Å². The Kier molecular flexibility index (Phi) is 4.23. The van der Waals surface area contributed by atoms with E-state index in [9.17, 15) is 4.79 Å². The summed E-state index contributed by atoms with van der Waals surface area (Å²) < 4.78 is 0. The second-order valence-electron chi connectivity index (χ2n) is 6.29. The Morgan fingerprint density at radius 2 is 1.81 bits per heavy atom. The summed E-state index contributed by atoms with van der Waals surface area (Å²) in [5.74, 6) is 1.53. The molecule has 1 amide bonds. The Labute approximate surface area is 125 Å². The molecule has 2 aliphatic carbocycles. The van der Waals surface area contributed by atoms with Gasteiger partial charge in [-0.15, -0.1) is 0 Å². The van der Waals surface area contributed by atoms with E-state index in [0.29, 0.717) is 11.3 Å². The highest BCUT2D eigenvalue weighted by Crippen LogP contribution is 2.39. The minimum atomic E-state index is -0.159. The highest BCUT2D eigenvalue weighted by atomic mass is 16.2. The van der Waals surface area contributed by atoms with Crippen molar-refractivity contribution >= 4 is 17.3 Å². The lowest BCUT2D eigenvalue weighted by atomic mass is 9.70. The molecular weight excluding hydrogens is 262 g/mol. The van der Waals surface area contributed by atoms with E-state index < -0.39 is 0 Å². The number of carbonyl (C=O) groups is 1. The Morgan fingerprint density at radius 3 is 2.57 bits per heavy atom. The van der Waals surface area contributed by atoms with Crippen molar-refractivity contribution in [2.75, 3.05) is 5.73 Å². The van der Waals surface area contributed by atoms with Crippen molar-refractivity contribution in [3.8, 4) is 0 Å². The van der Waals surface area contributed by atoms with Crippen molar-refractivity contribution in [2.24, 2.45) is 16.9 Å². The summed E-state index contributed by atoms with van der Waals surface area (Å²) >= 11 is 0. The van der Waals surface area contributed by atoms with Gasteiger partial charge in [-0.1, -0.05) is 19.3 Å². The van der Waals surface area contributed by atoms with Gasteiger partial charge in [0.15, 0.2) is 0 Å². The van der Waals surface area contributed by atoms with Crippen LogP contribution in [-0.2, 0) is 0 Å². The van der Waals surface area contributed by atoms with Gasteiger partial charge in [-0.25, -0.2) is 5.43 Å². The first-order valence-electron chi connectivity index (χ1n) is 7.93. The highest BCUT2D eigenvalue weighted by Gasteiger charge is 2.30. The maximum absolute atomic E-state index is 12.0. The maximum atomic E-state index is 12.0. The number of nitrogen functional groups attached to an aromatic ring is 1. The van der Waals surface area contributed by atoms with Gasteiger partial charge in [-0.05, 0) is 61.8 Å². The van der Waals surface area contributed by atoms with Crippen molar-refractivity contribution in [1.29, 1.82) is 0 Å². The monoisotopic (exact) mass is 285 g/mol. The third kappa shape index (κ3) is 3.43. The number of amides is 1. The number of fused-ring (bicyclic) bond motifs is 1. The molecule has 0 aliphatic heterocycles. The van der Waals surface area contributed by atoms with Gasteiger partial charge in [0.2, 0.25) is 0 Å². The van der Waals surface area contributed by atoms with Crippen LogP contribution in [0.5, 0.6) is 0 Å². The van der Waals surface area contributed by atoms with Gasteiger partial charge < -0.3 is 5.73 Å². The summed E-state index contributed by atoms with van der Waals surface area (Å²) in [7, 11) is 0. The summed E-state index contributed by atoms with van der Waals surface area (Å²) in [5, 5.41) is 4.36. The Bertz CT molecular complexity index is 535. The van der Waals surface area contributed by atoms with Crippen LogP contribution in [0.1, 0.15) is 55.3 Å². The van der Waals surface area contributed by atoms with Gasteiger partial charge in [-0.3, -0.25) is 4.79 Å². The van der Waals surface area contributed by atoms with E-state index in [4.69, 9.17) is 5.73 Å². The average Bonchev–Trinajstić information content (AvgIpc) is 2.53. The van der Waals surface area contributed by atoms with Crippen LogP contribution < -0.4 is 11.2 Å². The molecule has 0 spiro atoms. The van der Waals surface area contributed by atoms with Crippen LogP contribution in [0.15, 0.2) is 29.4 Å². The van der Waals surface area contributed by atoms with Gasteiger partial charge in [0.05, 0.1) is 0 Å². The van der Waals surface area contributed by atoms with Crippen molar-refractivity contribution in [3.05, 3.63) is 29.8 Å². The summed E-state index contributed by atoms with van der Waals surface area (Å²) in [4.78, 5) is 12.0. The molecule has 0 unspecified atom stereocenters. The predicted molar refractivity (Wildman–Crippen MR) is 85.1 cm³/mol. The van der Waals surface area contributed by atoms with Crippen LogP contribution >= 0.6 is 0 Å². The first kappa shape index (κ1) is 14.1. The standard InChI is InChI=1S/C17H23N3O/c18-15-8-5-13(6-9-15)17(21)20-19-16-10-7-12-3-1-2-4-14(12)11-16/h5-6,8-9,12,14H,1-4,7,10-11,18H2,(H,20,21)/b19-16-/t12-,14-/m1/s1. The lowest BCUT2D eigenvalue weighted by Crippen LogP contribution is -2.29. The Hall–Kier alpha value is -1.84. The van der Waals surface area contributed by atoms with E-state index >= 15 is 0 Å². The minimum absolute atomic E-state index is 0.159. The number of benzene rings is 1. The molecule has 3 N–H and O–H groups in total. The molecule has 2 aliphatic rings. The number of nitrogens with two attached hydrogens (primary N) is 1. The number of nitrogens with zero attached hydrogens (tertiary/aromatic N) is 1. The van der Waals surface area contributed by atoms with E-state index in [-0.39, 0.29) is 5.91 Å². The zero-order valence-electron chi connectivity index (χ0n) is 12.3. The maximum Gasteiger partial charge on any atom is 0.271 e. The fourth-order valence-electron chi connectivity index (χ4n) is 3.62. The van der Waals surface area contributed by atoms with Crippen molar-refractivity contribution in [2.45, 2.75) is 44.9 Å². The lowest BCUT2D eigenvalue weighted by molar-refractivity contribution is 0.0954. The molecule has 2 saturated carbocycles. The number of anilines is 1. The first-order valence-corrected chi connectivity index (χ1v) is 7.93. The van der Waals surface area contributed by atoms with Crippen LogP contribution in [0.3, 0.4) is 0 Å². The van der Waals surface area contributed by atoms with Crippen molar-refractivity contribution in [1.82, 2.24) is 5.43 Å². The van der Waals surface area contributed by atoms with Crippen LogP contribution in [0.25, 0.3) is 0 Å². The summed E-state index contributed by atoms with van der Waals surface area (Å²) in [5.41, 5.74) is 10.7. The first-order chi connectivity index (χ1) is 10.2. The average molecular weight is 285 g/mol. The molecule has 1 aromatic carbocycles. The highest BCUT2D eigenvalue weighted by molar-refractivity contribution is 5.95. The normalized spacial score (nSPS) is 27.1. The number of carbonyl (C=O) groups excluding carboxylic acids is 1. The Morgan fingerprint density at radius 1 is 1.10 bits per heavy atom. The van der Waals surface area contributed by atoms with E-state index in [2.05, 4.69) is 10.5 Å². The smallest absolute Gasteiger partial charge is 0.271 e. The largest absolute Gasteiger partial charge is 0.399 e. The molecule has 0 bridgehead atoms. The molecule has 0 saturated heterocycles. The molecule has 0 heterocycles. The molecular formula is C17H23N3O. The number of hydrazone groups is 1. The molecule has 0 radical (unpaired) electrons. The van der Waals surface area contributed by atoms with Crippen LogP contribution in [0.4, 0.5) is 5.69 Å². The van der Waals surface area contributed by atoms with Gasteiger partial charge in [0, 0.05) is 17.0 Å². The summed E-state index contributed by atoms with van der Waals surface area (Å²) in [6, 6.07) is 6.91. The van der Waals surface area contributed by atoms with Crippen LogP contribution in [0.2, 0.25) is 0 Å². The molecule has 2 fully saturated rings. The zero-order valence-corrected chi connectivity index (χ0v) is 12.3. The number of hydrogen-bond donors (Lipinski definition) is 2. The lowest BCUT2D eigenvalue weighted by Gasteiger charge is -2.35. The number of rotatable bonds is 2. The van der Waals surface area contributed by atoms with Gasteiger partial charge in [0.1, 0.15) is 0 Å². The molecule has 1 aromatic rings. The quantitative estimate of drug-likeness (QED) is 0.646. The summed E-state index contributed by atoms with van der Waals surface area (Å²) in [6.45, 7) is 0. The summed E-state index contributed by atoms with van der Waals surface area (Å²) in [6.07, 6.45) is 8.79. The third-order valence-electron chi connectivity index (χ3n) is 4.86. The minimum Gasteiger partial charge on any atom is -0.399 e. The second-order valence-corrected chi connectivity index (χ2v) is 6.29. The van der Waals surface area contributed by atoms with E-state index in [1.54, 1.807) is 24.3 Å². The second kappa shape index (κ2) is 6.29. The fraction of sp³-hybridized carbons (Fsp3) is 0.529. The van der Waals surface area contributed by atoms with Crippen molar-refractivity contribution in [3.63, 3.8) is 0 Å². The molecule has 0 aromatic heterocycles. The third-order valence-corrected chi connectivity index (χ3v) is 4.86. The van der Waals surface area contributed by atoms with Gasteiger partial charge in [-0.2, -0.15) is 5.10 Å². The van der Waals surface area contributed by atoms with Crippen molar-refractivity contribution < 1.29 is 4.79 Å². The zero-order chi connectivity index (χ0) is 14.7. The predicted octanol–water partition coefficient (Wildman–Crippen LogP) is 3.34. The molecule has 4 nitrogen and oxygen atoms in total.